The van der Waals surface area contributed by atoms with E-state index in [9.17, 15) is 0 Å². The van der Waals surface area contributed by atoms with Crippen LogP contribution in [0.4, 0.5) is 0 Å². The van der Waals surface area contributed by atoms with E-state index in [1.54, 1.807) is 0 Å². The lowest BCUT2D eigenvalue weighted by atomic mass is 10.4. The van der Waals surface area contributed by atoms with Crippen LogP contribution in [-0.2, 0) is 4.74 Å². The van der Waals surface area contributed by atoms with Crippen LogP contribution in [0.2, 0.25) is 0 Å². The number of aliphatic hydroxyl groups is 3. The standard InChI is InChI=1S/C3H8O3.C2H4Cl2O/c4-1-3(6)2-5;3-1-5-2-4/h3-6H,1-2H2;1-2H2. The van der Waals surface area contributed by atoms with E-state index < -0.39 is 6.10 Å². The van der Waals surface area contributed by atoms with Gasteiger partial charge in [0.25, 0.3) is 0 Å². The van der Waals surface area contributed by atoms with Crippen molar-refractivity contribution in [3.8, 4) is 0 Å². The van der Waals surface area contributed by atoms with Gasteiger partial charge in [-0.3, -0.25) is 0 Å². The van der Waals surface area contributed by atoms with Crippen LogP contribution in [0.3, 0.4) is 0 Å². The molecular formula is C5H12Cl2O4. The quantitative estimate of drug-likeness (QED) is 0.555. The highest BCUT2D eigenvalue weighted by molar-refractivity contribution is 6.18. The van der Waals surface area contributed by atoms with Gasteiger partial charge in [0.15, 0.2) is 0 Å². The summed E-state index contributed by atoms with van der Waals surface area (Å²) in [5.41, 5.74) is 0. The molecule has 0 fully saturated rings. The Kier molecular flexibility index (Phi) is 16.6. The maximum absolute atomic E-state index is 8.17. The molecule has 0 saturated heterocycles. The van der Waals surface area contributed by atoms with Gasteiger partial charge in [0.2, 0.25) is 0 Å². The SMILES string of the molecule is ClCOCCl.OCC(O)CO. The minimum atomic E-state index is -0.954. The summed E-state index contributed by atoms with van der Waals surface area (Å²) in [5, 5.41) is 24.0. The molecule has 6 heteroatoms. The lowest BCUT2D eigenvalue weighted by Gasteiger charge is -1.96. The molecule has 0 aliphatic heterocycles. The van der Waals surface area contributed by atoms with Crippen LogP contribution in [0.5, 0.6) is 0 Å². The summed E-state index contributed by atoms with van der Waals surface area (Å²) in [5.74, 6) is 0. The zero-order valence-corrected chi connectivity index (χ0v) is 7.42. The van der Waals surface area contributed by atoms with Crippen LogP contribution >= 0.6 is 23.2 Å². The Bertz CT molecular complexity index is 58.4. The third-order valence-corrected chi connectivity index (χ3v) is 0.884. The lowest BCUT2D eigenvalue weighted by Crippen LogP contribution is -2.15. The highest BCUT2D eigenvalue weighted by atomic mass is 35.5. The third kappa shape index (κ3) is 17.9. The van der Waals surface area contributed by atoms with Gasteiger partial charge in [0.1, 0.15) is 18.2 Å². The molecular weight excluding hydrogens is 195 g/mol. The normalized spacial score (nSPS) is 9.27. The van der Waals surface area contributed by atoms with E-state index in [0.717, 1.165) is 0 Å². The van der Waals surface area contributed by atoms with E-state index in [2.05, 4.69) is 4.74 Å². The molecule has 0 aromatic rings. The van der Waals surface area contributed by atoms with Crippen molar-refractivity contribution < 1.29 is 20.1 Å². The summed E-state index contributed by atoms with van der Waals surface area (Å²) < 4.78 is 4.36. The van der Waals surface area contributed by atoms with Crippen molar-refractivity contribution in [3.63, 3.8) is 0 Å². The topological polar surface area (TPSA) is 69.9 Å². The molecule has 70 valence electrons. The molecule has 0 unspecified atom stereocenters. The van der Waals surface area contributed by atoms with Crippen molar-refractivity contribution >= 4 is 23.2 Å². The van der Waals surface area contributed by atoms with E-state index in [4.69, 9.17) is 38.5 Å². The predicted molar refractivity (Wildman–Crippen MR) is 42.7 cm³/mol. The second-order valence-electron chi connectivity index (χ2n) is 1.44. The Morgan fingerprint density at radius 1 is 1.09 bits per heavy atom. The molecule has 0 heterocycles. The van der Waals surface area contributed by atoms with Gasteiger partial charge in [0, 0.05) is 0 Å². The second-order valence-corrected chi connectivity index (χ2v) is 1.88. The first-order valence-corrected chi connectivity index (χ1v) is 3.89. The van der Waals surface area contributed by atoms with Crippen LogP contribution in [-0.4, -0.2) is 46.8 Å². The zero-order valence-electron chi connectivity index (χ0n) is 5.91. The molecule has 0 spiro atoms. The lowest BCUT2D eigenvalue weighted by molar-refractivity contribution is 0.0450. The molecule has 3 N–H and O–H groups in total. The predicted octanol–water partition coefficient (Wildman–Crippen LogP) is -0.273. The van der Waals surface area contributed by atoms with Gasteiger partial charge in [-0.25, -0.2) is 0 Å². The summed E-state index contributed by atoms with van der Waals surface area (Å²) >= 11 is 9.99. The molecule has 0 aliphatic carbocycles. The maximum Gasteiger partial charge on any atom is 0.122 e. The van der Waals surface area contributed by atoms with E-state index in [-0.39, 0.29) is 25.3 Å². The Morgan fingerprint density at radius 3 is 1.45 bits per heavy atom. The molecule has 11 heavy (non-hydrogen) atoms. The molecule has 0 rings (SSSR count). The Labute approximate surface area is 75.3 Å². The van der Waals surface area contributed by atoms with Crippen molar-refractivity contribution in [3.05, 3.63) is 0 Å². The van der Waals surface area contributed by atoms with Crippen LogP contribution in [0.1, 0.15) is 0 Å². The number of halogens is 2. The van der Waals surface area contributed by atoms with Gasteiger partial charge >= 0.3 is 0 Å². The Morgan fingerprint density at radius 2 is 1.45 bits per heavy atom. The first-order valence-electron chi connectivity index (χ1n) is 2.82. The largest absolute Gasteiger partial charge is 0.394 e. The third-order valence-electron chi connectivity index (χ3n) is 0.576. The molecule has 0 bridgehead atoms. The van der Waals surface area contributed by atoms with E-state index in [1.165, 1.54) is 0 Å². The van der Waals surface area contributed by atoms with Gasteiger partial charge in [-0.15, -0.1) is 0 Å². The summed E-state index contributed by atoms with van der Waals surface area (Å²) in [6, 6.07) is 0.368. The van der Waals surface area contributed by atoms with Crippen LogP contribution < -0.4 is 0 Å². The number of ether oxygens (including phenoxy) is 1. The molecule has 0 aromatic heterocycles. The molecule has 0 amide bonds. The fourth-order valence-corrected chi connectivity index (χ4v) is 0.320. The fourth-order valence-electron chi connectivity index (χ4n) is 0.0869. The number of hydrogen-bond acceptors (Lipinski definition) is 4. The highest BCUT2D eigenvalue weighted by Crippen LogP contribution is 1.79. The molecule has 0 radical (unpaired) electrons. The minimum Gasteiger partial charge on any atom is -0.394 e. The van der Waals surface area contributed by atoms with E-state index in [1.807, 2.05) is 0 Å². The highest BCUT2D eigenvalue weighted by Gasteiger charge is 1.93. The molecule has 0 aromatic carbocycles. The van der Waals surface area contributed by atoms with Gasteiger partial charge in [-0.1, -0.05) is 23.2 Å². The van der Waals surface area contributed by atoms with Crippen molar-refractivity contribution in [2.24, 2.45) is 0 Å². The van der Waals surface area contributed by atoms with Gasteiger partial charge < -0.3 is 20.1 Å². The van der Waals surface area contributed by atoms with Crippen LogP contribution in [0, 0.1) is 0 Å². The van der Waals surface area contributed by atoms with Crippen molar-refractivity contribution in [2.45, 2.75) is 6.10 Å². The summed E-state index contributed by atoms with van der Waals surface area (Å²) in [4.78, 5) is 0. The van der Waals surface area contributed by atoms with Gasteiger partial charge in [0.05, 0.1) is 13.2 Å². The first-order chi connectivity index (χ1) is 5.22. The second kappa shape index (κ2) is 13.0. The van der Waals surface area contributed by atoms with Crippen molar-refractivity contribution in [1.29, 1.82) is 0 Å². The Balaban J connectivity index is 0. The average Bonchev–Trinajstić information content (AvgIpc) is 2.06. The van der Waals surface area contributed by atoms with Crippen LogP contribution in [0.25, 0.3) is 0 Å². The summed E-state index contributed by atoms with van der Waals surface area (Å²) in [6.07, 6.45) is -0.954. The van der Waals surface area contributed by atoms with Gasteiger partial charge in [-0.05, 0) is 0 Å². The number of aliphatic hydroxyl groups excluding tert-OH is 3. The van der Waals surface area contributed by atoms with E-state index >= 15 is 0 Å². The fraction of sp³-hybridized carbons (Fsp3) is 1.00. The number of rotatable bonds is 4. The molecule has 0 aliphatic rings. The van der Waals surface area contributed by atoms with Crippen LogP contribution in [0.15, 0.2) is 0 Å². The maximum atomic E-state index is 8.17. The molecule has 4 nitrogen and oxygen atoms in total. The molecule has 0 saturated carbocycles. The molecule has 0 atom stereocenters. The van der Waals surface area contributed by atoms with Gasteiger partial charge in [-0.2, -0.15) is 0 Å². The van der Waals surface area contributed by atoms with E-state index in [0.29, 0.717) is 0 Å². The first kappa shape index (κ1) is 14.0. The monoisotopic (exact) mass is 206 g/mol. The summed E-state index contributed by atoms with van der Waals surface area (Å²) in [7, 11) is 0. The average molecular weight is 207 g/mol. The zero-order chi connectivity index (χ0) is 9.11. The summed E-state index contributed by atoms with van der Waals surface area (Å²) in [6.45, 7) is -0.729. The minimum absolute atomic E-state index is 0.184. The Hall–Kier alpha value is 0.420. The smallest absolute Gasteiger partial charge is 0.122 e. The number of alkyl halides is 2. The number of hydrogen-bond donors (Lipinski definition) is 3. The van der Waals surface area contributed by atoms with Crippen molar-refractivity contribution in [2.75, 3.05) is 25.3 Å². The van der Waals surface area contributed by atoms with Crippen molar-refractivity contribution in [1.82, 2.24) is 0 Å².